The Morgan fingerprint density at radius 2 is 1.65 bits per heavy atom. The second kappa shape index (κ2) is 5.62. The van der Waals surface area contributed by atoms with Gasteiger partial charge >= 0.3 is 0 Å². The number of halogens is 3. The predicted molar refractivity (Wildman–Crippen MR) is 79.4 cm³/mol. The fraction of sp³-hybridized carbons (Fsp3) is 0.250. The smallest absolute Gasteiger partial charge is 0.131 e. The van der Waals surface area contributed by atoms with Crippen molar-refractivity contribution >= 4 is 15.9 Å². The molecule has 1 aliphatic rings. The first-order valence-electron chi connectivity index (χ1n) is 6.61. The quantitative estimate of drug-likeness (QED) is 0.856. The summed E-state index contributed by atoms with van der Waals surface area (Å²) in [4.78, 5) is 0. The maximum absolute atomic E-state index is 14.0. The molecule has 4 heteroatoms. The first-order valence-corrected chi connectivity index (χ1v) is 7.40. The van der Waals surface area contributed by atoms with Crippen LogP contribution in [0.1, 0.15) is 18.4 Å². The van der Waals surface area contributed by atoms with Crippen LogP contribution in [-0.2, 0) is 6.54 Å². The van der Waals surface area contributed by atoms with E-state index in [0.717, 1.165) is 10.0 Å². The van der Waals surface area contributed by atoms with Gasteiger partial charge in [0.05, 0.1) is 0 Å². The molecular weight excluding hydrogens is 324 g/mol. The molecule has 0 aromatic heterocycles. The first kappa shape index (κ1) is 13.7. The number of hydrogen-bond acceptors (Lipinski definition) is 1. The summed E-state index contributed by atoms with van der Waals surface area (Å²) in [6.07, 6.45) is 2.41. The van der Waals surface area contributed by atoms with Crippen molar-refractivity contribution in [2.75, 3.05) is 0 Å². The van der Waals surface area contributed by atoms with E-state index in [1.807, 2.05) is 0 Å². The molecule has 1 nitrogen and oxygen atoms in total. The van der Waals surface area contributed by atoms with Gasteiger partial charge < -0.3 is 5.32 Å². The van der Waals surface area contributed by atoms with Crippen molar-refractivity contribution < 1.29 is 8.78 Å². The van der Waals surface area contributed by atoms with Gasteiger partial charge in [-0.3, -0.25) is 0 Å². The fourth-order valence-corrected chi connectivity index (χ4v) is 2.50. The highest BCUT2D eigenvalue weighted by Crippen LogP contribution is 2.29. The number of nitrogens with one attached hydrogen (secondary N) is 1. The third-order valence-electron chi connectivity index (χ3n) is 3.42. The molecule has 0 atom stereocenters. The predicted octanol–water partition coefficient (Wildman–Crippen LogP) is 4.65. The van der Waals surface area contributed by atoms with Crippen LogP contribution in [0, 0.1) is 11.6 Å². The SMILES string of the molecule is Fc1ccc(Br)cc1-c1cc(CNC2CC2)ccc1F. The summed E-state index contributed by atoms with van der Waals surface area (Å²) in [5.74, 6) is -0.823. The summed E-state index contributed by atoms with van der Waals surface area (Å²) in [6.45, 7) is 0.688. The van der Waals surface area contributed by atoms with E-state index in [0.29, 0.717) is 18.2 Å². The largest absolute Gasteiger partial charge is 0.310 e. The third-order valence-corrected chi connectivity index (χ3v) is 3.91. The molecule has 0 bridgehead atoms. The van der Waals surface area contributed by atoms with Gasteiger partial charge in [0.25, 0.3) is 0 Å². The van der Waals surface area contributed by atoms with E-state index in [9.17, 15) is 8.78 Å². The van der Waals surface area contributed by atoms with Gasteiger partial charge in [-0.1, -0.05) is 22.0 Å². The normalized spacial score (nSPS) is 14.6. The number of hydrogen-bond donors (Lipinski definition) is 1. The standard InChI is InChI=1S/C16H14BrF2N/c17-11-2-6-16(19)14(8-11)13-7-10(1-5-15(13)18)9-20-12-3-4-12/h1-2,5-8,12,20H,3-4,9H2. The van der Waals surface area contributed by atoms with E-state index in [1.165, 1.54) is 25.0 Å². The molecule has 0 heterocycles. The Morgan fingerprint density at radius 1 is 1.00 bits per heavy atom. The van der Waals surface area contributed by atoms with Crippen molar-refractivity contribution in [2.45, 2.75) is 25.4 Å². The minimum atomic E-state index is -0.417. The summed E-state index contributed by atoms with van der Waals surface area (Å²) >= 11 is 3.29. The molecule has 0 unspecified atom stereocenters. The average Bonchev–Trinajstić information content (AvgIpc) is 3.25. The van der Waals surface area contributed by atoms with Crippen molar-refractivity contribution in [1.82, 2.24) is 5.32 Å². The number of benzene rings is 2. The maximum atomic E-state index is 14.0. The molecular formula is C16H14BrF2N. The molecule has 0 saturated heterocycles. The van der Waals surface area contributed by atoms with Crippen molar-refractivity contribution in [1.29, 1.82) is 0 Å². The third kappa shape index (κ3) is 3.07. The first-order chi connectivity index (χ1) is 9.63. The van der Waals surface area contributed by atoms with Crippen LogP contribution in [0.2, 0.25) is 0 Å². The van der Waals surface area contributed by atoms with E-state index in [2.05, 4.69) is 21.2 Å². The van der Waals surface area contributed by atoms with Crippen molar-refractivity contribution in [3.8, 4) is 11.1 Å². The molecule has 1 fully saturated rings. The Hall–Kier alpha value is -1.26. The Balaban J connectivity index is 1.94. The summed E-state index contributed by atoms with van der Waals surface area (Å²) in [5.41, 5.74) is 1.55. The highest BCUT2D eigenvalue weighted by Gasteiger charge is 2.20. The topological polar surface area (TPSA) is 12.0 Å². The number of rotatable bonds is 4. The Bertz CT molecular complexity index is 638. The van der Waals surface area contributed by atoms with Gasteiger partial charge in [0, 0.05) is 28.2 Å². The monoisotopic (exact) mass is 337 g/mol. The van der Waals surface area contributed by atoms with Gasteiger partial charge in [-0.15, -0.1) is 0 Å². The van der Waals surface area contributed by atoms with Crippen LogP contribution < -0.4 is 5.32 Å². The van der Waals surface area contributed by atoms with Gasteiger partial charge in [-0.25, -0.2) is 8.78 Å². The molecule has 2 aromatic carbocycles. The molecule has 0 spiro atoms. The minimum absolute atomic E-state index is 0.283. The van der Waals surface area contributed by atoms with Crippen LogP contribution in [0.5, 0.6) is 0 Å². The minimum Gasteiger partial charge on any atom is -0.310 e. The zero-order chi connectivity index (χ0) is 14.1. The van der Waals surface area contributed by atoms with E-state index in [-0.39, 0.29) is 5.56 Å². The molecule has 0 amide bonds. The van der Waals surface area contributed by atoms with Crippen LogP contribution in [0.4, 0.5) is 8.78 Å². The zero-order valence-electron chi connectivity index (χ0n) is 10.8. The second-order valence-corrected chi connectivity index (χ2v) is 6.01. The van der Waals surface area contributed by atoms with Crippen LogP contribution in [-0.4, -0.2) is 6.04 Å². The van der Waals surface area contributed by atoms with Crippen LogP contribution in [0.25, 0.3) is 11.1 Å². The van der Waals surface area contributed by atoms with E-state index < -0.39 is 11.6 Å². The molecule has 0 radical (unpaired) electrons. The lowest BCUT2D eigenvalue weighted by molar-refractivity contribution is 0.614. The second-order valence-electron chi connectivity index (χ2n) is 5.09. The molecule has 1 saturated carbocycles. The van der Waals surface area contributed by atoms with Gasteiger partial charge in [0.1, 0.15) is 11.6 Å². The van der Waals surface area contributed by atoms with Crippen molar-refractivity contribution in [2.24, 2.45) is 0 Å². The lowest BCUT2D eigenvalue weighted by Gasteiger charge is -2.09. The molecule has 20 heavy (non-hydrogen) atoms. The summed E-state index contributed by atoms with van der Waals surface area (Å²) < 4.78 is 28.6. The summed E-state index contributed by atoms with van der Waals surface area (Å²) in [5, 5.41) is 3.37. The molecule has 2 aromatic rings. The van der Waals surface area contributed by atoms with Gasteiger partial charge in [-0.05, 0) is 48.7 Å². The zero-order valence-corrected chi connectivity index (χ0v) is 12.4. The van der Waals surface area contributed by atoms with Crippen LogP contribution in [0.3, 0.4) is 0 Å². The highest BCUT2D eigenvalue weighted by atomic mass is 79.9. The lowest BCUT2D eigenvalue weighted by Crippen LogP contribution is -2.15. The van der Waals surface area contributed by atoms with E-state index in [1.54, 1.807) is 24.3 Å². The van der Waals surface area contributed by atoms with E-state index in [4.69, 9.17) is 0 Å². The Labute approximate surface area is 125 Å². The molecule has 104 valence electrons. The lowest BCUT2D eigenvalue weighted by atomic mass is 10.0. The maximum Gasteiger partial charge on any atom is 0.131 e. The Kier molecular flexibility index (Phi) is 3.85. The van der Waals surface area contributed by atoms with Gasteiger partial charge in [0.2, 0.25) is 0 Å². The van der Waals surface area contributed by atoms with Crippen molar-refractivity contribution in [3.05, 3.63) is 58.1 Å². The molecule has 1 N–H and O–H groups in total. The average molecular weight is 338 g/mol. The molecule has 3 rings (SSSR count). The summed E-state index contributed by atoms with van der Waals surface area (Å²) in [6, 6.07) is 10.0. The highest BCUT2D eigenvalue weighted by molar-refractivity contribution is 9.10. The van der Waals surface area contributed by atoms with Gasteiger partial charge in [0.15, 0.2) is 0 Å². The molecule has 1 aliphatic carbocycles. The van der Waals surface area contributed by atoms with Crippen LogP contribution in [0.15, 0.2) is 40.9 Å². The molecule has 0 aliphatic heterocycles. The van der Waals surface area contributed by atoms with E-state index >= 15 is 0 Å². The van der Waals surface area contributed by atoms with Gasteiger partial charge in [-0.2, -0.15) is 0 Å². The summed E-state index contributed by atoms with van der Waals surface area (Å²) in [7, 11) is 0. The van der Waals surface area contributed by atoms with Crippen molar-refractivity contribution in [3.63, 3.8) is 0 Å². The van der Waals surface area contributed by atoms with Crippen LogP contribution >= 0.6 is 15.9 Å². The fourth-order valence-electron chi connectivity index (χ4n) is 2.14. The Morgan fingerprint density at radius 3 is 2.35 bits per heavy atom.